The van der Waals surface area contributed by atoms with E-state index in [-0.39, 0.29) is 16.5 Å². The van der Waals surface area contributed by atoms with Crippen LogP contribution in [0.2, 0.25) is 0 Å². The average Bonchev–Trinajstić information content (AvgIpc) is 2.39. The van der Waals surface area contributed by atoms with Crippen molar-refractivity contribution in [2.45, 2.75) is 25.9 Å². The third-order valence-electron chi connectivity index (χ3n) is 3.13. The Bertz CT molecular complexity index is 613. The van der Waals surface area contributed by atoms with Crippen molar-refractivity contribution in [1.82, 2.24) is 0 Å². The van der Waals surface area contributed by atoms with Crippen molar-refractivity contribution in [2.24, 2.45) is 0 Å². The van der Waals surface area contributed by atoms with Crippen molar-refractivity contribution in [3.63, 3.8) is 0 Å². The van der Waals surface area contributed by atoms with Gasteiger partial charge in [-0.15, -0.1) is 0 Å². The number of hydrogen-bond donors (Lipinski definition) is 1. The minimum atomic E-state index is -0.824. The Morgan fingerprint density at radius 3 is 2.60 bits per heavy atom. The molecule has 0 heterocycles. The van der Waals surface area contributed by atoms with E-state index in [0.717, 1.165) is 11.1 Å². The van der Waals surface area contributed by atoms with Gasteiger partial charge in [0.2, 0.25) is 0 Å². The van der Waals surface area contributed by atoms with Gasteiger partial charge in [-0.05, 0) is 47.0 Å². The van der Waals surface area contributed by atoms with E-state index in [2.05, 4.69) is 15.9 Å². The van der Waals surface area contributed by atoms with Crippen molar-refractivity contribution in [3.05, 3.63) is 69.2 Å². The summed E-state index contributed by atoms with van der Waals surface area (Å²) >= 11 is 3.02. The highest BCUT2D eigenvalue weighted by Gasteiger charge is 2.16. The predicted molar refractivity (Wildman–Crippen MR) is 78.7 cm³/mol. The predicted octanol–water partition coefficient (Wildman–Crippen LogP) is 4.18. The monoisotopic (exact) mass is 340 g/mol. The molecule has 106 valence electrons. The summed E-state index contributed by atoms with van der Waals surface area (Å²) < 4.78 is 27.7. The molecule has 2 rings (SSSR count). The van der Waals surface area contributed by atoms with Gasteiger partial charge in [0.25, 0.3) is 0 Å². The molecular formula is C16H15BrF2O. The molecule has 2 aromatic carbocycles. The van der Waals surface area contributed by atoms with E-state index in [9.17, 15) is 13.9 Å². The average molecular weight is 341 g/mol. The van der Waals surface area contributed by atoms with E-state index in [0.29, 0.717) is 6.42 Å². The second-order valence-electron chi connectivity index (χ2n) is 4.87. The van der Waals surface area contributed by atoms with E-state index >= 15 is 0 Å². The maximum absolute atomic E-state index is 13.8. The van der Waals surface area contributed by atoms with Crippen molar-refractivity contribution >= 4 is 15.9 Å². The fourth-order valence-corrected chi connectivity index (χ4v) is 2.55. The van der Waals surface area contributed by atoms with Crippen LogP contribution in [0.3, 0.4) is 0 Å². The third kappa shape index (κ3) is 3.64. The Morgan fingerprint density at radius 1 is 1.15 bits per heavy atom. The van der Waals surface area contributed by atoms with Crippen LogP contribution in [0, 0.1) is 18.6 Å². The Morgan fingerprint density at radius 2 is 1.90 bits per heavy atom. The Balaban J connectivity index is 2.12. The normalized spacial score (nSPS) is 12.4. The number of rotatable bonds is 4. The van der Waals surface area contributed by atoms with Crippen LogP contribution in [0.4, 0.5) is 8.78 Å². The second-order valence-corrected chi connectivity index (χ2v) is 5.73. The van der Waals surface area contributed by atoms with Gasteiger partial charge >= 0.3 is 0 Å². The Hall–Kier alpha value is -1.26. The van der Waals surface area contributed by atoms with Crippen LogP contribution in [-0.4, -0.2) is 11.2 Å². The molecule has 0 saturated carbocycles. The zero-order valence-corrected chi connectivity index (χ0v) is 12.6. The molecular weight excluding hydrogens is 326 g/mol. The van der Waals surface area contributed by atoms with E-state index in [1.165, 1.54) is 12.1 Å². The van der Waals surface area contributed by atoms with Crippen LogP contribution in [-0.2, 0) is 12.8 Å². The molecule has 0 aliphatic carbocycles. The summed E-state index contributed by atoms with van der Waals surface area (Å²) in [4.78, 5) is 0. The first kappa shape index (κ1) is 15.1. The minimum Gasteiger partial charge on any atom is -0.392 e. The highest BCUT2D eigenvalue weighted by atomic mass is 79.9. The van der Waals surface area contributed by atoms with Gasteiger partial charge in [0.15, 0.2) is 0 Å². The maximum Gasteiger partial charge on any atom is 0.143 e. The van der Waals surface area contributed by atoms with Crippen LogP contribution >= 0.6 is 15.9 Å². The molecule has 1 unspecified atom stereocenters. The molecule has 0 radical (unpaired) electrons. The topological polar surface area (TPSA) is 20.2 Å². The largest absolute Gasteiger partial charge is 0.392 e. The van der Waals surface area contributed by atoms with Gasteiger partial charge in [0, 0.05) is 12.0 Å². The SMILES string of the molecule is Cc1cccc(CC(O)Cc2c(F)ccc(Br)c2F)c1. The molecule has 1 N–H and O–H groups in total. The number of hydrogen-bond acceptors (Lipinski definition) is 1. The zero-order chi connectivity index (χ0) is 14.7. The molecule has 1 nitrogen and oxygen atoms in total. The van der Waals surface area contributed by atoms with Crippen molar-refractivity contribution < 1.29 is 13.9 Å². The lowest BCUT2D eigenvalue weighted by atomic mass is 9.99. The number of aliphatic hydroxyl groups excluding tert-OH is 1. The van der Waals surface area contributed by atoms with Crippen LogP contribution in [0.5, 0.6) is 0 Å². The van der Waals surface area contributed by atoms with E-state index in [4.69, 9.17) is 0 Å². The third-order valence-corrected chi connectivity index (χ3v) is 3.74. The van der Waals surface area contributed by atoms with E-state index in [1.54, 1.807) is 0 Å². The van der Waals surface area contributed by atoms with Crippen LogP contribution in [0.15, 0.2) is 40.9 Å². The molecule has 20 heavy (non-hydrogen) atoms. The molecule has 2 aromatic rings. The molecule has 0 spiro atoms. The lowest BCUT2D eigenvalue weighted by molar-refractivity contribution is 0.172. The number of halogens is 3. The van der Waals surface area contributed by atoms with Gasteiger partial charge in [-0.2, -0.15) is 0 Å². The molecule has 0 saturated heterocycles. The quantitative estimate of drug-likeness (QED) is 0.827. The first-order valence-electron chi connectivity index (χ1n) is 6.33. The van der Waals surface area contributed by atoms with Gasteiger partial charge < -0.3 is 5.11 Å². The molecule has 1 atom stereocenters. The number of aryl methyl sites for hydroxylation is 1. The summed E-state index contributed by atoms with van der Waals surface area (Å²) in [6, 6.07) is 10.2. The van der Waals surface area contributed by atoms with Crippen molar-refractivity contribution in [2.75, 3.05) is 0 Å². The lowest BCUT2D eigenvalue weighted by Gasteiger charge is -2.13. The zero-order valence-electron chi connectivity index (χ0n) is 11.0. The Labute approximate surface area is 125 Å². The highest BCUT2D eigenvalue weighted by Crippen LogP contribution is 2.23. The number of benzene rings is 2. The summed E-state index contributed by atoms with van der Waals surface area (Å²) in [5.74, 6) is -1.28. The lowest BCUT2D eigenvalue weighted by Crippen LogP contribution is -2.16. The van der Waals surface area contributed by atoms with Gasteiger partial charge in [0.1, 0.15) is 11.6 Å². The summed E-state index contributed by atoms with van der Waals surface area (Å²) in [5, 5.41) is 10.0. The molecule has 0 aromatic heterocycles. The Kier molecular flexibility index (Phi) is 4.89. The fraction of sp³-hybridized carbons (Fsp3) is 0.250. The molecule has 4 heteroatoms. The van der Waals surface area contributed by atoms with Gasteiger partial charge in [-0.3, -0.25) is 0 Å². The van der Waals surface area contributed by atoms with Gasteiger partial charge in [-0.1, -0.05) is 29.8 Å². The van der Waals surface area contributed by atoms with Gasteiger partial charge in [0.05, 0.1) is 10.6 Å². The van der Waals surface area contributed by atoms with E-state index < -0.39 is 17.7 Å². The first-order valence-corrected chi connectivity index (χ1v) is 7.12. The molecule has 0 fully saturated rings. The smallest absolute Gasteiger partial charge is 0.143 e. The standard InChI is InChI=1S/C16H15BrF2O/c1-10-3-2-4-11(7-10)8-12(20)9-13-15(18)6-5-14(17)16(13)19/h2-7,12,20H,8-9H2,1H3. The summed E-state index contributed by atoms with van der Waals surface area (Å²) in [6.07, 6.45) is -0.506. The van der Waals surface area contributed by atoms with Crippen LogP contribution < -0.4 is 0 Å². The minimum absolute atomic E-state index is 0.0505. The van der Waals surface area contributed by atoms with Gasteiger partial charge in [-0.25, -0.2) is 8.78 Å². The highest BCUT2D eigenvalue weighted by molar-refractivity contribution is 9.10. The van der Waals surface area contributed by atoms with Crippen LogP contribution in [0.25, 0.3) is 0 Å². The molecule has 0 amide bonds. The molecule has 0 aliphatic rings. The maximum atomic E-state index is 13.8. The van der Waals surface area contributed by atoms with E-state index in [1.807, 2.05) is 31.2 Å². The van der Waals surface area contributed by atoms with Crippen molar-refractivity contribution in [1.29, 1.82) is 0 Å². The van der Waals surface area contributed by atoms with Crippen LogP contribution in [0.1, 0.15) is 16.7 Å². The van der Waals surface area contributed by atoms with Crippen molar-refractivity contribution in [3.8, 4) is 0 Å². The first-order chi connectivity index (χ1) is 9.47. The fourth-order valence-electron chi connectivity index (χ4n) is 2.18. The summed E-state index contributed by atoms with van der Waals surface area (Å²) in [7, 11) is 0. The summed E-state index contributed by atoms with van der Waals surface area (Å²) in [5.41, 5.74) is 1.96. The molecule has 0 aliphatic heterocycles. The number of aliphatic hydroxyl groups is 1. The molecule has 0 bridgehead atoms. The second kappa shape index (κ2) is 6.46. The summed E-state index contributed by atoms with van der Waals surface area (Å²) in [6.45, 7) is 1.96.